The molecule has 2 rings (SSSR count). The Labute approximate surface area is 157 Å². The number of likely N-dealkylation sites (N-methyl/N-ethyl adjacent to an activating group) is 1. The van der Waals surface area contributed by atoms with Gasteiger partial charge >= 0.3 is 5.97 Å². The lowest BCUT2D eigenvalue weighted by Crippen LogP contribution is -2.33. The quantitative estimate of drug-likeness (QED) is 0.692. The number of benzene rings is 2. The van der Waals surface area contributed by atoms with Gasteiger partial charge in [0.25, 0.3) is 0 Å². The molecule has 2 aromatic carbocycles. The first-order valence-corrected chi connectivity index (χ1v) is 9.52. The van der Waals surface area contributed by atoms with Crippen LogP contribution in [0.5, 0.6) is 0 Å². The van der Waals surface area contributed by atoms with Gasteiger partial charge < -0.3 is 4.74 Å². The molecule has 8 heteroatoms. The maximum Gasteiger partial charge on any atom is 0.321 e. The molecule has 0 spiro atoms. The van der Waals surface area contributed by atoms with Gasteiger partial charge in [-0.3, -0.25) is 4.79 Å². The number of aryl methyl sites for hydroxylation is 1. The van der Waals surface area contributed by atoms with E-state index in [2.05, 4.69) is 0 Å². The number of rotatable bonds is 6. The zero-order valence-electron chi connectivity index (χ0n) is 13.7. The molecule has 2 aromatic rings. The van der Waals surface area contributed by atoms with Crippen molar-refractivity contribution in [3.8, 4) is 0 Å². The molecule has 0 heterocycles. The van der Waals surface area contributed by atoms with Crippen molar-refractivity contribution < 1.29 is 17.9 Å². The van der Waals surface area contributed by atoms with E-state index in [4.69, 9.17) is 27.9 Å². The molecule has 0 saturated heterocycles. The predicted molar refractivity (Wildman–Crippen MR) is 97.3 cm³/mol. The van der Waals surface area contributed by atoms with Gasteiger partial charge in [-0.15, -0.1) is 0 Å². The number of nitrogens with zero attached hydrogens (tertiary/aromatic N) is 1. The van der Waals surface area contributed by atoms with E-state index in [1.54, 1.807) is 30.3 Å². The molecule has 25 heavy (non-hydrogen) atoms. The van der Waals surface area contributed by atoms with Gasteiger partial charge in [-0.2, -0.15) is 4.31 Å². The summed E-state index contributed by atoms with van der Waals surface area (Å²) >= 11 is 11.8. The lowest BCUT2D eigenvalue weighted by atomic mass is 10.2. The van der Waals surface area contributed by atoms with Gasteiger partial charge in [-0.1, -0.05) is 47.0 Å². The van der Waals surface area contributed by atoms with Crippen molar-refractivity contribution >= 4 is 39.2 Å². The van der Waals surface area contributed by atoms with Crippen molar-refractivity contribution in [2.24, 2.45) is 0 Å². The highest BCUT2D eigenvalue weighted by molar-refractivity contribution is 7.89. The fraction of sp³-hybridized carbons (Fsp3) is 0.235. The maximum absolute atomic E-state index is 12.4. The van der Waals surface area contributed by atoms with E-state index in [1.165, 1.54) is 19.2 Å². The smallest absolute Gasteiger partial charge is 0.321 e. The van der Waals surface area contributed by atoms with E-state index in [1.807, 2.05) is 6.92 Å². The molecule has 0 aromatic heterocycles. The molecule has 0 atom stereocenters. The van der Waals surface area contributed by atoms with Crippen LogP contribution in [-0.2, 0) is 26.2 Å². The average Bonchev–Trinajstić information content (AvgIpc) is 2.54. The molecule has 0 aliphatic rings. The Balaban J connectivity index is 1.98. The van der Waals surface area contributed by atoms with E-state index in [-0.39, 0.29) is 11.5 Å². The van der Waals surface area contributed by atoms with Crippen LogP contribution in [0.2, 0.25) is 10.0 Å². The van der Waals surface area contributed by atoms with Crippen LogP contribution in [-0.4, -0.2) is 32.3 Å². The van der Waals surface area contributed by atoms with E-state index in [9.17, 15) is 13.2 Å². The third kappa shape index (κ3) is 5.19. The summed E-state index contributed by atoms with van der Waals surface area (Å²) < 4.78 is 30.9. The zero-order valence-corrected chi connectivity index (χ0v) is 16.0. The number of esters is 1. The third-order valence-electron chi connectivity index (χ3n) is 3.48. The number of carbonyl (C=O) groups excluding carboxylic acids is 1. The SMILES string of the molecule is Cc1ccc(S(=O)(=O)N(C)CC(=O)OCc2ccc(Cl)cc2Cl)cc1. The first kappa shape index (κ1) is 19.7. The van der Waals surface area contributed by atoms with Gasteiger partial charge in [0.2, 0.25) is 10.0 Å². The monoisotopic (exact) mass is 401 g/mol. The summed E-state index contributed by atoms with van der Waals surface area (Å²) in [5, 5.41) is 0.852. The van der Waals surface area contributed by atoms with Crippen molar-refractivity contribution in [3.63, 3.8) is 0 Å². The highest BCUT2D eigenvalue weighted by Gasteiger charge is 2.23. The minimum Gasteiger partial charge on any atom is -0.460 e. The molecular weight excluding hydrogens is 385 g/mol. The maximum atomic E-state index is 12.4. The summed E-state index contributed by atoms with van der Waals surface area (Å²) in [6.07, 6.45) is 0. The van der Waals surface area contributed by atoms with Crippen molar-refractivity contribution in [2.75, 3.05) is 13.6 Å². The van der Waals surface area contributed by atoms with E-state index < -0.39 is 22.5 Å². The Bertz CT molecular complexity index is 867. The molecule has 5 nitrogen and oxygen atoms in total. The van der Waals surface area contributed by atoms with Crippen molar-refractivity contribution in [1.29, 1.82) is 0 Å². The van der Waals surface area contributed by atoms with Gasteiger partial charge in [-0.05, 0) is 31.2 Å². The summed E-state index contributed by atoms with van der Waals surface area (Å²) in [6, 6.07) is 11.2. The first-order chi connectivity index (χ1) is 11.7. The lowest BCUT2D eigenvalue weighted by Gasteiger charge is -2.16. The van der Waals surface area contributed by atoms with Gasteiger partial charge in [-0.25, -0.2) is 8.42 Å². The Morgan fingerprint density at radius 3 is 2.36 bits per heavy atom. The standard InChI is InChI=1S/C17H17Cl2NO4S/c1-12-3-7-15(8-4-12)25(22,23)20(2)10-17(21)24-11-13-5-6-14(18)9-16(13)19/h3-9H,10-11H2,1-2H3. The number of carbonyl (C=O) groups is 1. The largest absolute Gasteiger partial charge is 0.460 e. The molecule has 0 amide bonds. The Morgan fingerprint density at radius 1 is 1.12 bits per heavy atom. The van der Waals surface area contributed by atoms with Crippen LogP contribution in [0.1, 0.15) is 11.1 Å². The number of sulfonamides is 1. The van der Waals surface area contributed by atoms with Crippen molar-refractivity contribution in [1.82, 2.24) is 4.31 Å². The highest BCUT2D eigenvalue weighted by atomic mass is 35.5. The summed E-state index contributed by atoms with van der Waals surface area (Å²) in [6.45, 7) is 1.40. The molecule has 0 bridgehead atoms. The average molecular weight is 402 g/mol. The summed E-state index contributed by atoms with van der Waals surface area (Å²) in [4.78, 5) is 12.1. The summed E-state index contributed by atoms with van der Waals surface area (Å²) in [7, 11) is -2.43. The molecule has 134 valence electrons. The first-order valence-electron chi connectivity index (χ1n) is 7.32. The second kappa shape index (κ2) is 8.19. The Morgan fingerprint density at radius 2 is 1.76 bits per heavy atom. The zero-order chi connectivity index (χ0) is 18.6. The Kier molecular flexibility index (Phi) is 6.46. The normalized spacial score (nSPS) is 11.6. The minimum absolute atomic E-state index is 0.0622. The van der Waals surface area contributed by atoms with E-state index in [0.717, 1.165) is 9.87 Å². The number of ether oxygens (including phenoxy) is 1. The summed E-state index contributed by atoms with van der Waals surface area (Å²) in [5.74, 6) is -0.677. The van der Waals surface area contributed by atoms with E-state index in [0.29, 0.717) is 15.6 Å². The van der Waals surface area contributed by atoms with Gasteiger partial charge in [0, 0.05) is 22.7 Å². The van der Waals surface area contributed by atoms with Gasteiger partial charge in [0.1, 0.15) is 13.2 Å². The van der Waals surface area contributed by atoms with Crippen LogP contribution in [0.4, 0.5) is 0 Å². The molecule has 0 N–H and O–H groups in total. The fourth-order valence-electron chi connectivity index (χ4n) is 2.00. The van der Waals surface area contributed by atoms with Crippen LogP contribution in [0.3, 0.4) is 0 Å². The number of halogens is 2. The topological polar surface area (TPSA) is 63.7 Å². The van der Waals surface area contributed by atoms with Crippen LogP contribution >= 0.6 is 23.2 Å². The van der Waals surface area contributed by atoms with Crippen LogP contribution < -0.4 is 0 Å². The van der Waals surface area contributed by atoms with Crippen molar-refractivity contribution in [2.45, 2.75) is 18.4 Å². The Hall–Kier alpha value is -1.60. The molecule has 0 unspecified atom stereocenters. The highest BCUT2D eigenvalue weighted by Crippen LogP contribution is 2.21. The van der Waals surface area contributed by atoms with Gasteiger partial charge in [0.15, 0.2) is 0 Å². The molecule has 0 saturated carbocycles. The molecule has 0 aliphatic heterocycles. The molecule has 0 aliphatic carbocycles. The molecule has 0 radical (unpaired) electrons. The third-order valence-corrected chi connectivity index (χ3v) is 5.89. The van der Waals surface area contributed by atoms with Gasteiger partial charge in [0.05, 0.1) is 4.90 Å². The fourth-order valence-corrected chi connectivity index (χ4v) is 3.58. The minimum atomic E-state index is -3.76. The molecule has 0 fully saturated rings. The van der Waals surface area contributed by atoms with Crippen LogP contribution in [0.15, 0.2) is 47.4 Å². The second-order valence-corrected chi connectivity index (χ2v) is 8.36. The number of hydrogen-bond donors (Lipinski definition) is 0. The van der Waals surface area contributed by atoms with Crippen LogP contribution in [0.25, 0.3) is 0 Å². The summed E-state index contributed by atoms with van der Waals surface area (Å²) in [5.41, 5.74) is 1.53. The molecular formula is C17H17Cl2NO4S. The predicted octanol–water partition coefficient (Wildman–Crippen LogP) is 3.67. The van der Waals surface area contributed by atoms with Crippen LogP contribution in [0, 0.1) is 6.92 Å². The lowest BCUT2D eigenvalue weighted by molar-refractivity contribution is -0.144. The number of hydrogen-bond acceptors (Lipinski definition) is 4. The van der Waals surface area contributed by atoms with E-state index >= 15 is 0 Å². The second-order valence-electron chi connectivity index (χ2n) is 5.47. The van der Waals surface area contributed by atoms with Crippen molar-refractivity contribution in [3.05, 3.63) is 63.6 Å².